The van der Waals surface area contributed by atoms with E-state index in [2.05, 4.69) is 5.32 Å². The van der Waals surface area contributed by atoms with Crippen LogP contribution in [0, 0.1) is 0 Å². The average Bonchev–Trinajstić information content (AvgIpc) is 3.38. The van der Waals surface area contributed by atoms with Gasteiger partial charge in [-0.1, -0.05) is 60.1 Å². The van der Waals surface area contributed by atoms with Gasteiger partial charge in [0.15, 0.2) is 0 Å². The summed E-state index contributed by atoms with van der Waals surface area (Å²) >= 11 is 7.36. The van der Waals surface area contributed by atoms with Crippen molar-refractivity contribution in [3.8, 4) is 0 Å². The molecule has 5 amide bonds. The molecule has 1 N–H and O–H groups in total. The molecular formula is C23H18ClN3O4S. The van der Waals surface area contributed by atoms with E-state index < -0.39 is 36.3 Å². The first-order valence-electron chi connectivity index (χ1n) is 9.73. The Kier molecular flexibility index (Phi) is 6.34. The van der Waals surface area contributed by atoms with Crippen LogP contribution in [-0.2, 0) is 20.9 Å². The van der Waals surface area contributed by atoms with Crippen LogP contribution in [0.1, 0.15) is 22.0 Å². The van der Waals surface area contributed by atoms with Crippen LogP contribution >= 0.6 is 22.9 Å². The number of hydrogen-bond acceptors (Lipinski definition) is 5. The molecule has 0 aliphatic carbocycles. The number of nitrogens with one attached hydrogen (secondary N) is 1. The van der Waals surface area contributed by atoms with Gasteiger partial charge in [-0.15, -0.1) is 11.3 Å². The first-order chi connectivity index (χ1) is 15.4. The van der Waals surface area contributed by atoms with E-state index in [1.54, 1.807) is 36.4 Å². The van der Waals surface area contributed by atoms with Crippen LogP contribution in [0.4, 0.5) is 4.79 Å². The lowest BCUT2D eigenvalue weighted by Crippen LogP contribution is -2.42. The molecule has 0 radical (unpaired) electrons. The van der Waals surface area contributed by atoms with Crippen molar-refractivity contribution in [3.63, 3.8) is 0 Å². The van der Waals surface area contributed by atoms with E-state index >= 15 is 0 Å². The number of hydrogen-bond donors (Lipinski definition) is 1. The van der Waals surface area contributed by atoms with Crippen molar-refractivity contribution in [2.75, 3.05) is 6.54 Å². The number of carbonyl (C=O) groups excluding carboxylic acids is 4. The molecule has 162 valence electrons. The molecule has 1 aromatic heterocycles. The summed E-state index contributed by atoms with van der Waals surface area (Å²) in [6.45, 7) is -0.558. The largest absolute Gasteiger partial charge is 0.344 e. The molecule has 7 nitrogen and oxygen atoms in total. The highest BCUT2D eigenvalue weighted by atomic mass is 35.5. The molecule has 1 aliphatic rings. The van der Waals surface area contributed by atoms with Gasteiger partial charge in [0.25, 0.3) is 0 Å². The van der Waals surface area contributed by atoms with E-state index in [0.29, 0.717) is 9.92 Å². The second-order valence-electron chi connectivity index (χ2n) is 7.11. The highest BCUT2D eigenvalue weighted by Crippen LogP contribution is 2.24. The van der Waals surface area contributed by atoms with Crippen LogP contribution in [0.3, 0.4) is 0 Å². The maximum absolute atomic E-state index is 12.8. The van der Waals surface area contributed by atoms with Gasteiger partial charge in [0.2, 0.25) is 5.91 Å². The van der Waals surface area contributed by atoms with E-state index in [4.69, 9.17) is 11.6 Å². The number of rotatable bonds is 7. The van der Waals surface area contributed by atoms with Gasteiger partial charge in [-0.05, 0) is 34.7 Å². The predicted molar refractivity (Wildman–Crippen MR) is 120 cm³/mol. The van der Waals surface area contributed by atoms with Crippen molar-refractivity contribution in [1.29, 1.82) is 0 Å². The number of nitrogens with zero attached hydrogens (tertiary/aromatic N) is 2. The average molecular weight is 468 g/mol. The van der Waals surface area contributed by atoms with Crippen LogP contribution in [-0.4, -0.2) is 40.1 Å². The van der Waals surface area contributed by atoms with Crippen molar-refractivity contribution >= 4 is 46.7 Å². The smallest absolute Gasteiger partial charge is 0.335 e. The molecule has 4 rings (SSSR count). The minimum absolute atomic E-state index is 0.00337. The van der Waals surface area contributed by atoms with E-state index in [9.17, 15) is 19.2 Å². The Morgan fingerprint density at radius 3 is 2.19 bits per heavy atom. The molecule has 32 heavy (non-hydrogen) atoms. The second-order valence-corrected chi connectivity index (χ2v) is 8.58. The maximum atomic E-state index is 12.8. The second kappa shape index (κ2) is 9.33. The van der Waals surface area contributed by atoms with Gasteiger partial charge in [-0.25, -0.2) is 9.69 Å². The monoisotopic (exact) mass is 467 g/mol. The fourth-order valence-electron chi connectivity index (χ4n) is 3.40. The van der Waals surface area contributed by atoms with E-state index in [1.807, 2.05) is 35.7 Å². The van der Waals surface area contributed by atoms with Crippen LogP contribution in [0.25, 0.3) is 0 Å². The summed E-state index contributed by atoms with van der Waals surface area (Å²) in [7, 11) is 0. The SMILES string of the molecule is O=C(CN1C(=O)C(=O)N(Cc2cccs2)C1=O)N[C@H](c1ccccc1)c1ccc(Cl)cc1. The van der Waals surface area contributed by atoms with Gasteiger partial charge in [0, 0.05) is 9.90 Å². The summed E-state index contributed by atoms with van der Waals surface area (Å²) in [4.78, 5) is 52.5. The molecule has 1 fully saturated rings. The zero-order chi connectivity index (χ0) is 22.7. The van der Waals surface area contributed by atoms with Crippen LogP contribution in [0.15, 0.2) is 72.1 Å². The quantitative estimate of drug-likeness (QED) is 0.425. The van der Waals surface area contributed by atoms with Crippen molar-refractivity contribution < 1.29 is 19.2 Å². The van der Waals surface area contributed by atoms with E-state index in [1.165, 1.54) is 11.3 Å². The Morgan fingerprint density at radius 2 is 1.53 bits per heavy atom. The Bertz CT molecular complexity index is 1150. The Morgan fingerprint density at radius 1 is 0.875 bits per heavy atom. The summed E-state index contributed by atoms with van der Waals surface area (Å²) in [5.74, 6) is -2.51. The van der Waals surface area contributed by atoms with E-state index in [-0.39, 0.29) is 6.54 Å². The van der Waals surface area contributed by atoms with Crippen LogP contribution in [0.2, 0.25) is 5.02 Å². The first-order valence-corrected chi connectivity index (χ1v) is 11.0. The number of carbonyl (C=O) groups is 4. The molecule has 1 saturated heterocycles. The van der Waals surface area contributed by atoms with Gasteiger partial charge in [0.1, 0.15) is 6.54 Å². The molecule has 0 saturated carbocycles. The van der Waals surface area contributed by atoms with Gasteiger partial charge < -0.3 is 5.32 Å². The molecule has 0 unspecified atom stereocenters. The van der Waals surface area contributed by atoms with Crippen LogP contribution in [0.5, 0.6) is 0 Å². The lowest BCUT2D eigenvalue weighted by Gasteiger charge is -2.21. The van der Waals surface area contributed by atoms with Gasteiger partial charge in [0.05, 0.1) is 12.6 Å². The molecule has 0 spiro atoms. The third-order valence-electron chi connectivity index (χ3n) is 4.97. The zero-order valence-corrected chi connectivity index (χ0v) is 18.3. The lowest BCUT2D eigenvalue weighted by atomic mass is 9.98. The van der Waals surface area contributed by atoms with E-state index in [0.717, 1.165) is 20.9 Å². The van der Waals surface area contributed by atoms with Crippen molar-refractivity contribution in [1.82, 2.24) is 15.1 Å². The molecule has 3 aromatic rings. The minimum Gasteiger partial charge on any atom is -0.344 e. The summed E-state index contributed by atoms with van der Waals surface area (Å²) < 4.78 is 0. The third kappa shape index (κ3) is 4.56. The number of halogens is 1. The van der Waals surface area contributed by atoms with Gasteiger partial charge >= 0.3 is 17.8 Å². The third-order valence-corrected chi connectivity index (χ3v) is 6.09. The van der Waals surface area contributed by atoms with Gasteiger partial charge in [-0.3, -0.25) is 19.3 Å². The lowest BCUT2D eigenvalue weighted by molar-refractivity contribution is -0.144. The highest BCUT2D eigenvalue weighted by molar-refractivity contribution is 7.09. The van der Waals surface area contributed by atoms with Crippen molar-refractivity contribution in [3.05, 3.63) is 93.1 Å². The van der Waals surface area contributed by atoms with Crippen molar-refractivity contribution in [2.45, 2.75) is 12.6 Å². The number of benzene rings is 2. The maximum Gasteiger partial charge on any atom is 0.335 e. The topological polar surface area (TPSA) is 86.8 Å². The summed E-state index contributed by atoms with van der Waals surface area (Å²) in [6, 6.07) is 18.5. The first kappa shape index (κ1) is 21.7. The van der Waals surface area contributed by atoms with Crippen LogP contribution < -0.4 is 5.32 Å². The minimum atomic E-state index is -1.01. The summed E-state index contributed by atoms with van der Waals surface area (Å²) in [6.07, 6.45) is 0. The molecule has 2 aromatic carbocycles. The molecule has 9 heteroatoms. The number of imide groups is 2. The standard InChI is InChI=1S/C23H18ClN3O4S/c24-17-10-8-16(9-11-17)20(15-5-2-1-3-6-15)25-19(28)14-27-22(30)21(29)26(23(27)31)13-18-7-4-12-32-18/h1-12,20H,13-14H2,(H,25,28)/t20-/m1/s1. The normalized spacial score (nSPS) is 14.7. The Balaban J connectivity index is 1.50. The van der Waals surface area contributed by atoms with Crippen molar-refractivity contribution in [2.24, 2.45) is 0 Å². The fraction of sp³-hybridized carbons (Fsp3) is 0.130. The number of amides is 5. The number of urea groups is 1. The number of thiophene rings is 1. The Labute approximate surface area is 193 Å². The molecular weight excluding hydrogens is 450 g/mol. The molecule has 1 atom stereocenters. The highest BCUT2D eigenvalue weighted by Gasteiger charge is 2.45. The molecule has 0 bridgehead atoms. The molecule has 1 aliphatic heterocycles. The fourth-order valence-corrected chi connectivity index (χ4v) is 4.22. The van der Waals surface area contributed by atoms with Gasteiger partial charge in [-0.2, -0.15) is 0 Å². The Hall–Kier alpha value is -3.49. The molecule has 2 heterocycles. The predicted octanol–water partition coefficient (Wildman–Crippen LogP) is 3.60. The zero-order valence-electron chi connectivity index (χ0n) is 16.7. The summed E-state index contributed by atoms with van der Waals surface area (Å²) in [5.41, 5.74) is 1.60. The summed E-state index contributed by atoms with van der Waals surface area (Å²) in [5, 5.41) is 5.23.